The van der Waals surface area contributed by atoms with E-state index in [2.05, 4.69) is 20.6 Å². The van der Waals surface area contributed by atoms with Crippen molar-refractivity contribution in [2.75, 3.05) is 34.4 Å². The van der Waals surface area contributed by atoms with Gasteiger partial charge in [0.2, 0.25) is 16.0 Å². The zero-order valence-electron chi connectivity index (χ0n) is 17.8. The predicted molar refractivity (Wildman–Crippen MR) is 125 cm³/mol. The van der Waals surface area contributed by atoms with Gasteiger partial charge in [-0.3, -0.25) is 0 Å². The molecule has 0 spiro atoms. The number of aliphatic hydroxyl groups is 1. The molecular formula is C21H26ClN5O4S. The highest BCUT2D eigenvalue weighted by molar-refractivity contribution is 7.92. The van der Waals surface area contributed by atoms with Crippen molar-refractivity contribution in [3.63, 3.8) is 0 Å². The molecule has 0 amide bonds. The Morgan fingerprint density at radius 1 is 1.38 bits per heavy atom. The Hall–Kier alpha value is -2.40. The first-order valence-electron chi connectivity index (χ1n) is 10.3. The fraction of sp³-hybridized carbons (Fsp3) is 0.429. The second-order valence-corrected chi connectivity index (χ2v) is 10.3. The molecule has 172 valence electrons. The Kier molecular flexibility index (Phi) is 6.57. The molecule has 1 aromatic heterocycles. The summed E-state index contributed by atoms with van der Waals surface area (Å²) in [7, 11) is -3.57. The fourth-order valence-electron chi connectivity index (χ4n) is 3.99. The maximum atomic E-state index is 12.5. The number of hydrogen-bond donors (Lipinski definition) is 3. The second kappa shape index (κ2) is 9.22. The molecule has 9 nitrogen and oxygen atoms in total. The molecule has 3 N–H and O–H groups in total. The van der Waals surface area contributed by atoms with Crippen molar-refractivity contribution in [2.45, 2.75) is 38.1 Å². The highest BCUT2D eigenvalue weighted by Crippen LogP contribution is 2.31. The average Bonchev–Trinajstić information content (AvgIpc) is 2.73. The fourth-order valence-corrected chi connectivity index (χ4v) is 5.32. The summed E-state index contributed by atoms with van der Waals surface area (Å²) >= 11 is 6.10. The minimum Gasteiger partial charge on any atom is -0.379 e. The van der Waals surface area contributed by atoms with Crippen LogP contribution < -0.4 is 14.9 Å². The third kappa shape index (κ3) is 4.98. The number of benzene rings is 1. The standard InChI is InChI=1S/C21H26ClN5O4S/c1-13(17-11-14-10-15(22)5-6-18(14)25-20(17)28)24-21-23-8-7-19(26-21)27(32(2,29)30)16-4-3-9-31-12-16/h5-8,10-11,13,16,20,25,28H,3-4,9,12H2,1-2H3,(H,23,24,26)/t13-,16?,20?/m0/s1. The highest BCUT2D eigenvalue weighted by Gasteiger charge is 2.30. The SMILES string of the molecule is C[C@H](Nc1nccc(N(C2CCCOC2)S(C)(=O)=O)n1)C1=Cc2cc(Cl)ccc2NC1O. The Bertz CT molecular complexity index is 1120. The third-order valence-corrected chi connectivity index (χ3v) is 6.92. The van der Waals surface area contributed by atoms with Gasteiger partial charge >= 0.3 is 0 Å². The lowest BCUT2D eigenvalue weighted by atomic mass is 9.98. The van der Waals surface area contributed by atoms with Crippen LogP contribution in [0.3, 0.4) is 0 Å². The van der Waals surface area contributed by atoms with Crippen LogP contribution in [0, 0.1) is 0 Å². The molecule has 0 bridgehead atoms. The number of hydrogen-bond acceptors (Lipinski definition) is 8. The smallest absolute Gasteiger partial charge is 0.233 e. The number of nitrogens with zero attached hydrogens (tertiary/aromatic N) is 3. The van der Waals surface area contributed by atoms with Crippen molar-refractivity contribution in [3.05, 3.63) is 46.6 Å². The van der Waals surface area contributed by atoms with Crippen LogP contribution in [0.5, 0.6) is 0 Å². The molecule has 0 radical (unpaired) electrons. The van der Waals surface area contributed by atoms with Crippen LogP contribution >= 0.6 is 11.6 Å². The van der Waals surface area contributed by atoms with Gasteiger partial charge < -0.3 is 20.5 Å². The first-order valence-corrected chi connectivity index (χ1v) is 12.6. The normalized spacial score (nSPS) is 21.7. The van der Waals surface area contributed by atoms with E-state index in [1.165, 1.54) is 10.5 Å². The summed E-state index contributed by atoms with van der Waals surface area (Å²) in [6.45, 7) is 2.82. The number of ether oxygens (including phenoxy) is 1. The topological polar surface area (TPSA) is 117 Å². The number of anilines is 3. The van der Waals surface area contributed by atoms with Crippen molar-refractivity contribution >= 4 is 45.2 Å². The maximum absolute atomic E-state index is 12.5. The molecule has 11 heteroatoms. The van der Waals surface area contributed by atoms with Crippen molar-refractivity contribution in [3.8, 4) is 0 Å². The highest BCUT2D eigenvalue weighted by atomic mass is 35.5. The van der Waals surface area contributed by atoms with Crippen LogP contribution in [-0.2, 0) is 14.8 Å². The largest absolute Gasteiger partial charge is 0.379 e. The molecule has 2 aliphatic rings. The summed E-state index contributed by atoms with van der Waals surface area (Å²) in [4.78, 5) is 8.69. The van der Waals surface area contributed by atoms with Crippen molar-refractivity contribution in [1.82, 2.24) is 9.97 Å². The summed E-state index contributed by atoms with van der Waals surface area (Å²) < 4.78 is 31.8. The van der Waals surface area contributed by atoms with Gasteiger partial charge in [0, 0.05) is 35.2 Å². The molecule has 2 aromatic rings. The van der Waals surface area contributed by atoms with Crippen LogP contribution in [0.1, 0.15) is 25.3 Å². The number of rotatable bonds is 6. The molecule has 0 saturated carbocycles. The molecule has 4 rings (SSSR count). The van der Waals surface area contributed by atoms with Gasteiger partial charge in [-0.05, 0) is 49.6 Å². The number of fused-ring (bicyclic) bond motifs is 1. The summed E-state index contributed by atoms with van der Waals surface area (Å²) in [5.74, 6) is 0.534. The monoisotopic (exact) mass is 479 g/mol. The molecular weight excluding hydrogens is 454 g/mol. The van der Waals surface area contributed by atoms with Crippen molar-refractivity contribution in [1.29, 1.82) is 0 Å². The van der Waals surface area contributed by atoms with Crippen molar-refractivity contribution < 1.29 is 18.3 Å². The molecule has 3 atom stereocenters. The van der Waals surface area contributed by atoms with E-state index in [4.69, 9.17) is 16.3 Å². The Morgan fingerprint density at radius 2 is 2.19 bits per heavy atom. The molecule has 1 saturated heterocycles. The van der Waals surface area contributed by atoms with Crippen LogP contribution in [0.15, 0.2) is 36.0 Å². The van der Waals surface area contributed by atoms with E-state index in [-0.39, 0.29) is 23.8 Å². The van der Waals surface area contributed by atoms with Crippen LogP contribution in [0.25, 0.3) is 6.08 Å². The molecule has 3 heterocycles. The number of aliphatic hydroxyl groups excluding tert-OH is 1. The predicted octanol–water partition coefficient (Wildman–Crippen LogP) is 2.70. The van der Waals surface area contributed by atoms with E-state index >= 15 is 0 Å². The van der Waals surface area contributed by atoms with E-state index in [0.29, 0.717) is 30.2 Å². The summed E-state index contributed by atoms with van der Waals surface area (Å²) in [6, 6.07) is 6.30. The number of sulfonamides is 1. The summed E-state index contributed by atoms with van der Waals surface area (Å²) in [5.41, 5.74) is 2.32. The van der Waals surface area contributed by atoms with Crippen LogP contribution in [0.2, 0.25) is 5.02 Å². The van der Waals surface area contributed by atoms with Gasteiger partial charge in [-0.15, -0.1) is 0 Å². The first kappa shape index (κ1) is 22.8. The van der Waals surface area contributed by atoms with E-state index in [9.17, 15) is 13.5 Å². The second-order valence-electron chi connectivity index (χ2n) is 7.96. The van der Waals surface area contributed by atoms with Gasteiger partial charge in [0.05, 0.1) is 24.9 Å². The summed E-state index contributed by atoms with van der Waals surface area (Å²) in [6.07, 6.45) is 5.12. The molecule has 1 fully saturated rings. The zero-order chi connectivity index (χ0) is 22.9. The Morgan fingerprint density at radius 3 is 2.91 bits per heavy atom. The van der Waals surface area contributed by atoms with Gasteiger partial charge in [-0.1, -0.05) is 11.6 Å². The molecule has 2 unspecified atom stereocenters. The summed E-state index contributed by atoms with van der Waals surface area (Å²) in [5, 5.41) is 17.4. The zero-order valence-corrected chi connectivity index (χ0v) is 19.4. The van der Waals surface area contributed by atoms with Crippen LogP contribution in [0.4, 0.5) is 17.5 Å². The lowest BCUT2D eigenvalue weighted by molar-refractivity contribution is 0.0834. The molecule has 32 heavy (non-hydrogen) atoms. The Labute approximate surface area is 192 Å². The number of nitrogens with one attached hydrogen (secondary N) is 2. The number of halogens is 1. The third-order valence-electron chi connectivity index (χ3n) is 5.48. The van der Waals surface area contributed by atoms with Crippen LogP contribution in [-0.4, -0.2) is 61.3 Å². The lowest BCUT2D eigenvalue weighted by Gasteiger charge is -2.33. The average molecular weight is 480 g/mol. The maximum Gasteiger partial charge on any atom is 0.233 e. The van der Waals surface area contributed by atoms with Gasteiger partial charge in [0.1, 0.15) is 12.0 Å². The quantitative estimate of drug-likeness (QED) is 0.579. The van der Waals surface area contributed by atoms with Gasteiger partial charge in [-0.25, -0.2) is 17.7 Å². The Balaban J connectivity index is 1.58. The minimum atomic E-state index is -3.57. The van der Waals surface area contributed by atoms with Crippen molar-refractivity contribution in [2.24, 2.45) is 0 Å². The van der Waals surface area contributed by atoms with Gasteiger partial charge in [-0.2, -0.15) is 4.98 Å². The van der Waals surface area contributed by atoms with E-state index in [1.54, 1.807) is 12.1 Å². The minimum absolute atomic E-state index is 0.255. The number of aromatic nitrogens is 2. The van der Waals surface area contributed by atoms with E-state index in [0.717, 1.165) is 23.9 Å². The lowest BCUT2D eigenvalue weighted by Crippen LogP contribution is -2.45. The van der Waals surface area contributed by atoms with Gasteiger partial charge in [0.15, 0.2) is 0 Å². The van der Waals surface area contributed by atoms with Gasteiger partial charge in [0.25, 0.3) is 0 Å². The molecule has 2 aliphatic heterocycles. The molecule has 0 aliphatic carbocycles. The molecule has 1 aromatic carbocycles. The first-order chi connectivity index (χ1) is 15.2. The van der Waals surface area contributed by atoms with E-state index in [1.807, 2.05) is 25.1 Å². The van der Waals surface area contributed by atoms with E-state index < -0.39 is 16.3 Å².